The summed E-state index contributed by atoms with van der Waals surface area (Å²) in [5, 5.41) is 0. The van der Waals surface area contributed by atoms with E-state index < -0.39 is 0 Å². The fourth-order valence-electron chi connectivity index (χ4n) is 1.37. The van der Waals surface area contributed by atoms with Gasteiger partial charge in [0.2, 0.25) is 0 Å². The molecule has 2 heteroatoms. The molecule has 0 saturated heterocycles. The van der Waals surface area contributed by atoms with Crippen LogP contribution in [0.5, 0.6) is 0 Å². The summed E-state index contributed by atoms with van der Waals surface area (Å²) < 4.78 is 10.5. The highest BCUT2D eigenvalue weighted by molar-refractivity contribution is 5.26. The summed E-state index contributed by atoms with van der Waals surface area (Å²) in [5.41, 5.74) is 2.59. The van der Waals surface area contributed by atoms with Gasteiger partial charge in [-0.2, -0.15) is 0 Å². The summed E-state index contributed by atoms with van der Waals surface area (Å²) in [4.78, 5) is 0. The van der Waals surface area contributed by atoms with Gasteiger partial charge in [-0.05, 0) is 24.5 Å². The molecule has 0 aliphatic heterocycles. The lowest BCUT2D eigenvalue weighted by atomic mass is 10.1. The Hall–Kier alpha value is -0.860. The average molecular weight is 194 g/mol. The zero-order valence-corrected chi connectivity index (χ0v) is 8.95. The topological polar surface area (TPSA) is 18.5 Å². The molecule has 0 aromatic heterocycles. The van der Waals surface area contributed by atoms with Crippen LogP contribution in [-0.2, 0) is 22.5 Å². The Balaban J connectivity index is 2.60. The Bertz CT molecular complexity index is 231. The van der Waals surface area contributed by atoms with Crippen molar-refractivity contribution in [3.63, 3.8) is 0 Å². The Morgan fingerprint density at radius 2 is 1.86 bits per heavy atom. The van der Waals surface area contributed by atoms with E-state index in [1.54, 1.807) is 7.11 Å². The van der Waals surface area contributed by atoms with Crippen molar-refractivity contribution >= 4 is 0 Å². The lowest BCUT2D eigenvalue weighted by Crippen LogP contribution is -2.01. The molecule has 0 radical (unpaired) electrons. The van der Waals surface area contributed by atoms with E-state index in [-0.39, 0.29) is 0 Å². The predicted octanol–water partition coefficient (Wildman–Crippen LogP) is 2.41. The van der Waals surface area contributed by atoms with Crippen LogP contribution in [-0.4, -0.2) is 20.3 Å². The minimum atomic E-state index is 0.705. The molecule has 0 N–H and O–H groups in total. The first-order valence-corrected chi connectivity index (χ1v) is 5.02. The highest BCUT2D eigenvalue weighted by Crippen LogP contribution is 2.10. The molecule has 14 heavy (non-hydrogen) atoms. The Labute approximate surface area is 85.8 Å². The van der Waals surface area contributed by atoms with Crippen LogP contribution in [0.15, 0.2) is 24.3 Å². The van der Waals surface area contributed by atoms with E-state index in [4.69, 9.17) is 9.47 Å². The van der Waals surface area contributed by atoms with Crippen molar-refractivity contribution in [3.05, 3.63) is 35.4 Å². The van der Waals surface area contributed by atoms with Crippen molar-refractivity contribution in [2.45, 2.75) is 20.0 Å². The van der Waals surface area contributed by atoms with Gasteiger partial charge in [0.05, 0.1) is 13.2 Å². The molecule has 1 aromatic carbocycles. The fraction of sp³-hybridized carbons (Fsp3) is 0.500. The highest BCUT2D eigenvalue weighted by Gasteiger charge is 2.00. The van der Waals surface area contributed by atoms with E-state index in [0.717, 1.165) is 19.6 Å². The first-order valence-electron chi connectivity index (χ1n) is 5.02. The summed E-state index contributed by atoms with van der Waals surface area (Å²) >= 11 is 0. The second kappa shape index (κ2) is 6.57. The lowest BCUT2D eigenvalue weighted by Gasteiger charge is -2.08. The van der Waals surface area contributed by atoms with Gasteiger partial charge in [-0.3, -0.25) is 0 Å². The quantitative estimate of drug-likeness (QED) is 0.692. The van der Waals surface area contributed by atoms with E-state index in [0.29, 0.717) is 6.61 Å². The largest absolute Gasteiger partial charge is 0.384 e. The Morgan fingerprint density at radius 3 is 2.50 bits per heavy atom. The fourth-order valence-corrected chi connectivity index (χ4v) is 1.37. The standard InChI is InChI=1S/C12H18O2/c1-3-14-10-12-7-5-4-6-11(12)8-9-13-2/h4-7H,3,8-10H2,1-2H3. The van der Waals surface area contributed by atoms with Gasteiger partial charge < -0.3 is 9.47 Å². The van der Waals surface area contributed by atoms with Gasteiger partial charge in [0.1, 0.15) is 0 Å². The molecule has 0 aliphatic carbocycles. The molecular weight excluding hydrogens is 176 g/mol. The van der Waals surface area contributed by atoms with Gasteiger partial charge in [0.25, 0.3) is 0 Å². The van der Waals surface area contributed by atoms with Crippen LogP contribution in [0.3, 0.4) is 0 Å². The number of hydrogen-bond acceptors (Lipinski definition) is 2. The molecular formula is C12H18O2. The van der Waals surface area contributed by atoms with Crippen molar-refractivity contribution in [3.8, 4) is 0 Å². The molecule has 0 saturated carbocycles. The first kappa shape index (κ1) is 11.2. The lowest BCUT2D eigenvalue weighted by molar-refractivity contribution is 0.133. The minimum absolute atomic E-state index is 0.705. The number of benzene rings is 1. The van der Waals surface area contributed by atoms with Crippen molar-refractivity contribution < 1.29 is 9.47 Å². The molecule has 1 rings (SSSR count). The Kier molecular flexibility index (Phi) is 5.27. The molecule has 0 amide bonds. The van der Waals surface area contributed by atoms with Crippen molar-refractivity contribution in [2.75, 3.05) is 20.3 Å². The first-order chi connectivity index (χ1) is 6.88. The maximum Gasteiger partial charge on any atom is 0.0719 e. The third kappa shape index (κ3) is 3.48. The average Bonchev–Trinajstić information content (AvgIpc) is 2.24. The zero-order valence-electron chi connectivity index (χ0n) is 8.95. The number of ether oxygens (including phenoxy) is 2. The van der Waals surface area contributed by atoms with Gasteiger partial charge in [-0.15, -0.1) is 0 Å². The van der Waals surface area contributed by atoms with Crippen LogP contribution in [0.2, 0.25) is 0 Å². The van der Waals surface area contributed by atoms with Crippen molar-refractivity contribution in [1.82, 2.24) is 0 Å². The van der Waals surface area contributed by atoms with Gasteiger partial charge >= 0.3 is 0 Å². The maximum absolute atomic E-state index is 5.40. The normalized spacial score (nSPS) is 10.4. The minimum Gasteiger partial charge on any atom is -0.384 e. The van der Waals surface area contributed by atoms with E-state index in [1.165, 1.54) is 11.1 Å². The molecule has 0 unspecified atom stereocenters. The van der Waals surface area contributed by atoms with E-state index in [9.17, 15) is 0 Å². The van der Waals surface area contributed by atoms with E-state index >= 15 is 0 Å². The molecule has 0 spiro atoms. The van der Waals surface area contributed by atoms with Gasteiger partial charge in [-0.25, -0.2) is 0 Å². The van der Waals surface area contributed by atoms with E-state index in [2.05, 4.69) is 18.2 Å². The second-order valence-corrected chi connectivity index (χ2v) is 3.15. The molecule has 0 bridgehead atoms. The van der Waals surface area contributed by atoms with Crippen LogP contribution in [0.1, 0.15) is 18.1 Å². The molecule has 78 valence electrons. The molecule has 0 atom stereocenters. The van der Waals surface area contributed by atoms with Gasteiger partial charge in [0, 0.05) is 13.7 Å². The maximum atomic E-state index is 5.40. The van der Waals surface area contributed by atoms with Crippen LogP contribution in [0.4, 0.5) is 0 Å². The highest BCUT2D eigenvalue weighted by atomic mass is 16.5. The Morgan fingerprint density at radius 1 is 1.14 bits per heavy atom. The van der Waals surface area contributed by atoms with Crippen LogP contribution < -0.4 is 0 Å². The summed E-state index contributed by atoms with van der Waals surface area (Å²) in [6, 6.07) is 8.35. The van der Waals surface area contributed by atoms with Crippen molar-refractivity contribution in [1.29, 1.82) is 0 Å². The van der Waals surface area contributed by atoms with Crippen LogP contribution in [0, 0.1) is 0 Å². The zero-order chi connectivity index (χ0) is 10.2. The third-order valence-electron chi connectivity index (χ3n) is 2.16. The van der Waals surface area contributed by atoms with Gasteiger partial charge in [-0.1, -0.05) is 24.3 Å². The number of methoxy groups -OCH3 is 1. The second-order valence-electron chi connectivity index (χ2n) is 3.15. The molecule has 0 heterocycles. The number of hydrogen-bond donors (Lipinski definition) is 0. The third-order valence-corrected chi connectivity index (χ3v) is 2.16. The van der Waals surface area contributed by atoms with E-state index in [1.807, 2.05) is 13.0 Å². The molecule has 0 aliphatic rings. The molecule has 1 aromatic rings. The summed E-state index contributed by atoms with van der Waals surface area (Å²) in [7, 11) is 1.73. The number of rotatable bonds is 6. The van der Waals surface area contributed by atoms with Crippen LogP contribution >= 0.6 is 0 Å². The van der Waals surface area contributed by atoms with Crippen molar-refractivity contribution in [2.24, 2.45) is 0 Å². The summed E-state index contributed by atoms with van der Waals surface area (Å²) in [5.74, 6) is 0. The monoisotopic (exact) mass is 194 g/mol. The summed E-state index contributed by atoms with van der Waals surface area (Å²) in [6.07, 6.45) is 0.958. The smallest absolute Gasteiger partial charge is 0.0719 e. The molecule has 0 fully saturated rings. The van der Waals surface area contributed by atoms with Crippen LogP contribution in [0.25, 0.3) is 0 Å². The van der Waals surface area contributed by atoms with Gasteiger partial charge in [0.15, 0.2) is 0 Å². The molecule has 2 nitrogen and oxygen atoms in total. The summed E-state index contributed by atoms with van der Waals surface area (Å²) in [6.45, 7) is 4.25. The SMILES string of the molecule is CCOCc1ccccc1CCOC. The predicted molar refractivity (Wildman–Crippen MR) is 57.4 cm³/mol.